The lowest BCUT2D eigenvalue weighted by Crippen LogP contribution is -2.38. The van der Waals surface area contributed by atoms with Crippen LogP contribution in [-0.2, 0) is 9.53 Å². The summed E-state index contributed by atoms with van der Waals surface area (Å²) in [4.78, 5) is 24.1. The maximum Gasteiger partial charge on any atom is 0.335 e. The molecule has 1 aromatic carbocycles. The second kappa shape index (κ2) is 8.31. The third kappa shape index (κ3) is 5.22. The zero-order valence-electron chi connectivity index (χ0n) is 13.9. The van der Waals surface area contributed by atoms with Crippen molar-refractivity contribution >= 4 is 23.4 Å². The lowest BCUT2D eigenvalue weighted by atomic mass is 9.81. The fourth-order valence-electron chi connectivity index (χ4n) is 2.15. The van der Waals surface area contributed by atoms with Gasteiger partial charge in [-0.05, 0) is 31.5 Å². The van der Waals surface area contributed by atoms with Crippen LogP contribution >= 0.6 is 11.6 Å². The first-order valence-corrected chi connectivity index (χ1v) is 7.82. The molecule has 1 unspecified atom stereocenters. The van der Waals surface area contributed by atoms with Crippen LogP contribution in [0.3, 0.4) is 0 Å². The van der Waals surface area contributed by atoms with Gasteiger partial charge in [0.05, 0.1) is 19.3 Å². The van der Waals surface area contributed by atoms with Crippen LogP contribution in [0.1, 0.15) is 44.0 Å². The van der Waals surface area contributed by atoms with Gasteiger partial charge in [-0.2, -0.15) is 0 Å². The van der Waals surface area contributed by atoms with E-state index in [2.05, 4.69) is 0 Å². The number of methoxy groups -OCH3 is 1. The van der Waals surface area contributed by atoms with Gasteiger partial charge in [-0.15, -0.1) is 0 Å². The summed E-state index contributed by atoms with van der Waals surface area (Å²) in [6, 6.07) is 4.83. The minimum Gasteiger partial charge on any atom is -0.496 e. The van der Waals surface area contributed by atoms with E-state index in [0.29, 0.717) is 22.8 Å². The molecule has 0 radical (unpaired) electrons. The summed E-state index contributed by atoms with van der Waals surface area (Å²) in [6.45, 7) is 5.31. The van der Waals surface area contributed by atoms with Crippen molar-refractivity contribution in [2.45, 2.75) is 39.7 Å². The van der Waals surface area contributed by atoms with E-state index >= 15 is 0 Å². The number of hydrogen-bond donors (Lipinski definition) is 1. The first-order chi connectivity index (χ1) is 10.7. The van der Waals surface area contributed by atoms with E-state index in [1.165, 1.54) is 7.11 Å². The van der Waals surface area contributed by atoms with Crippen LogP contribution in [0.2, 0.25) is 5.02 Å². The van der Waals surface area contributed by atoms with Crippen LogP contribution in [0, 0.1) is 5.41 Å². The number of carbonyl (C=O) groups excluding carboxylic acids is 2. The largest absolute Gasteiger partial charge is 0.496 e. The molecule has 23 heavy (non-hydrogen) atoms. The highest BCUT2D eigenvalue weighted by Gasteiger charge is 2.35. The van der Waals surface area contributed by atoms with Crippen molar-refractivity contribution in [1.82, 2.24) is 0 Å². The van der Waals surface area contributed by atoms with Crippen molar-refractivity contribution in [3.05, 3.63) is 28.8 Å². The second-order valence-electron chi connectivity index (χ2n) is 5.91. The van der Waals surface area contributed by atoms with Crippen molar-refractivity contribution in [2.24, 2.45) is 5.41 Å². The average molecular weight is 343 g/mol. The first-order valence-electron chi connectivity index (χ1n) is 7.44. The van der Waals surface area contributed by atoms with E-state index in [9.17, 15) is 14.7 Å². The van der Waals surface area contributed by atoms with Crippen LogP contribution in [0.15, 0.2) is 18.2 Å². The highest BCUT2D eigenvalue weighted by atomic mass is 35.5. The molecule has 0 spiro atoms. The Morgan fingerprint density at radius 3 is 2.57 bits per heavy atom. The molecule has 0 amide bonds. The van der Waals surface area contributed by atoms with E-state index in [-0.39, 0.29) is 18.8 Å². The summed E-state index contributed by atoms with van der Waals surface area (Å²) in [6.07, 6.45) is -0.807. The van der Waals surface area contributed by atoms with Gasteiger partial charge in [-0.25, -0.2) is 4.79 Å². The monoisotopic (exact) mass is 342 g/mol. The molecule has 0 saturated heterocycles. The maximum absolute atomic E-state index is 12.4. The van der Waals surface area contributed by atoms with Gasteiger partial charge in [-0.1, -0.05) is 25.4 Å². The number of esters is 1. The second-order valence-corrected chi connectivity index (χ2v) is 6.35. The van der Waals surface area contributed by atoms with Gasteiger partial charge >= 0.3 is 5.97 Å². The quantitative estimate of drug-likeness (QED) is 0.580. The van der Waals surface area contributed by atoms with Gasteiger partial charge in [0.1, 0.15) is 5.75 Å². The molecular weight excluding hydrogens is 320 g/mol. The molecule has 0 bridgehead atoms. The molecule has 1 atom stereocenters. The van der Waals surface area contributed by atoms with Crippen molar-refractivity contribution in [2.75, 3.05) is 13.7 Å². The van der Waals surface area contributed by atoms with Crippen molar-refractivity contribution in [3.8, 4) is 5.75 Å². The van der Waals surface area contributed by atoms with Crippen LogP contribution in [0.4, 0.5) is 0 Å². The minimum absolute atomic E-state index is 0.153. The lowest BCUT2D eigenvalue weighted by Gasteiger charge is -2.28. The van der Waals surface area contributed by atoms with Crippen molar-refractivity contribution in [3.63, 3.8) is 0 Å². The molecule has 1 rings (SSSR count). The van der Waals surface area contributed by atoms with Crippen LogP contribution in [0.5, 0.6) is 5.75 Å². The fourth-order valence-corrected chi connectivity index (χ4v) is 2.32. The van der Waals surface area contributed by atoms with Gasteiger partial charge in [-0.3, -0.25) is 4.79 Å². The normalized spacial score (nSPS) is 12.6. The summed E-state index contributed by atoms with van der Waals surface area (Å²) in [5, 5.41) is 10.5. The number of aliphatic hydroxyl groups excluding tert-OH is 1. The number of rotatable bonds is 8. The van der Waals surface area contributed by atoms with Crippen LogP contribution in [0.25, 0.3) is 0 Å². The van der Waals surface area contributed by atoms with Gasteiger partial charge in [0.2, 0.25) is 0 Å². The Morgan fingerprint density at radius 2 is 2.00 bits per heavy atom. The molecule has 0 aromatic heterocycles. The molecule has 1 aromatic rings. The molecule has 1 N–H and O–H groups in total. The van der Waals surface area contributed by atoms with Gasteiger partial charge in [0.25, 0.3) is 0 Å². The Balaban J connectivity index is 2.79. The highest BCUT2D eigenvalue weighted by molar-refractivity contribution is 6.31. The molecule has 0 aliphatic heterocycles. The van der Waals surface area contributed by atoms with Crippen molar-refractivity contribution in [1.29, 1.82) is 0 Å². The fraction of sp³-hybridized carbons (Fsp3) is 0.529. The summed E-state index contributed by atoms with van der Waals surface area (Å²) in [7, 11) is 1.48. The Kier molecular flexibility index (Phi) is 7.03. The number of carbonyl (C=O) groups is 2. The van der Waals surface area contributed by atoms with Crippen LogP contribution in [-0.4, -0.2) is 36.7 Å². The summed E-state index contributed by atoms with van der Waals surface area (Å²) in [5.41, 5.74) is -0.394. The highest BCUT2D eigenvalue weighted by Crippen LogP contribution is 2.30. The van der Waals surface area contributed by atoms with Gasteiger partial charge in [0, 0.05) is 16.9 Å². The van der Waals surface area contributed by atoms with Gasteiger partial charge in [0.15, 0.2) is 11.9 Å². The summed E-state index contributed by atoms with van der Waals surface area (Å²) < 4.78 is 9.99. The SMILES string of the molecule is CCOC(=O)C(O)C(C)(C)CCC(=O)c1cc(Cl)ccc1OC. The van der Waals surface area contributed by atoms with Crippen molar-refractivity contribution < 1.29 is 24.2 Å². The molecule has 0 aliphatic carbocycles. The standard InChI is InChI=1S/C17H23ClO5/c1-5-23-16(21)15(20)17(2,3)9-8-13(19)12-10-11(18)6-7-14(12)22-4/h6-7,10,15,20H,5,8-9H2,1-4H3. The molecule has 0 aliphatic rings. The number of Topliss-reactive ketones (excluding diaryl/α,β-unsaturated/α-hetero) is 1. The summed E-state index contributed by atoms with van der Waals surface area (Å²) >= 11 is 5.93. The molecular formula is C17H23ClO5. The predicted molar refractivity (Wildman–Crippen MR) is 88.0 cm³/mol. The molecule has 5 nitrogen and oxygen atoms in total. The molecule has 0 saturated carbocycles. The summed E-state index contributed by atoms with van der Waals surface area (Å²) in [5.74, 6) is -0.387. The van der Waals surface area contributed by atoms with E-state index in [0.717, 1.165) is 0 Å². The predicted octanol–water partition coefficient (Wildman–Crippen LogP) is 3.26. The number of hydrogen-bond acceptors (Lipinski definition) is 5. The number of aliphatic hydroxyl groups is 1. The smallest absolute Gasteiger partial charge is 0.335 e. The first kappa shape index (κ1) is 19.5. The zero-order chi connectivity index (χ0) is 17.6. The third-order valence-corrected chi connectivity index (χ3v) is 3.94. The lowest BCUT2D eigenvalue weighted by molar-refractivity contribution is -0.159. The Morgan fingerprint density at radius 1 is 1.35 bits per heavy atom. The molecule has 6 heteroatoms. The minimum atomic E-state index is -1.28. The number of ketones is 1. The molecule has 128 valence electrons. The molecule has 0 heterocycles. The van der Waals surface area contributed by atoms with E-state index in [1.54, 1.807) is 39.0 Å². The van der Waals surface area contributed by atoms with Gasteiger partial charge < -0.3 is 14.6 Å². The maximum atomic E-state index is 12.4. The number of halogens is 1. The third-order valence-electron chi connectivity index (χ3n) is 3.71. The Bertz CT molecular complexity index is 568. The van der Waals surface area contributed by atoms with E-state index in [1.807, 2.05) is 0 Å². The Hall–Kier alpha value is -1.59. The number of benzene rings is 1. The average Bonchev–Trinajstić information content (AvgIpc) is 2.52. The van der Waals surface area contributed by atoms with E-state index < -0.39 is 17.5 Å². The Labute approximate surface area is 141 Å². The molecule has 0 fully saturated rings. The van der Waals surface area contributed by atoms with E-state index in [4.69, 9.17) is 21.1 Å². The zero-order valence-corrected chi connectivity index (χ0v) is 14.6. The van der Waals surface area contributed by atoms with Crippen LogP contribution < -0.4 is 4.74 Å². The topological polar surface area (TPSA) is 72.8 Å². The number of ether oxygens (including phenoxy) is 2.